The van der Waals surface area contributed by atoms with Crippen LogP contribution in [0.2, 0.25) is 0 Å². The minimum absolute atomic E-state index is 0.0133. The maximum atomic E-state index is 14.1. The average molecular weight is 599 g/mol. The van der Waals surface area contributed by atoms with Gasteiger partial charge in [-0.05, 0) is 106 Å². The Bertz CT molecular complexity index is 1160. The molecular weight excluding hydrogens is 558 g/mol. The molecule has 232 valence electrons. The normalized spacial score (nSPS) is 21.5. The van der Waals surface area contributed by atoms with Gasteiger partial charge in [0, 0.05) is 19.4 Å². The summed E-state index contributed by atoms with van der Waals surface area (Å²) in [5.41, 5.74) is 0.420. The van der Waals surface area contributed by atoms with Crippen molar-refractivity contribution in [2.45, 2.75) is 75.4 Å². The predicted octanol–water partition coefficient (Wildman–Crippen LogP) is 7.48. The van der Waals surface area contributed by atoms with Crippen LogP contribution in [-0.4, -0.2) is 66.1 Å². The molecule has 42 heavy (non-hydrogen) atoms. The maximum Gasteiger partial charge on any atom is 0.416 e. The summed E-state index contributed by atoms with van der Waals surface area (Å²) in [5, 5.41) is 9.41. The van der Waals surface area contributed by atoms with Crippen molar-refractivity contribution in [3.8, 4) is 0 Å². The highest BCUT2D eigenvalue weighted by Gasteiger charge is 2.37. The Balaban J connectivity index is 0.000000193. The summed E-state index contributed by atoms with van der Waals surface area (Å²) in [6.07, 6.45) is 0.395. The van der Waals surface area contributed by atoms with Crippen molar-refractivity contribution in [3.05, 3.63) is 71.0 Å². The third kappa shape index (κ3) is 9.73. The molecule has 2 atom stereocenters. The molecule has 2 saturated heterocycles. The van der Waals surface area contributed by atoms with Crippen LogP contribution in [0.1, 0.15) is 67.6 Å². The predicted molar refractivity (Wildman–Crippen MR) is 149 cm³/mol. The molecular formula is C32H40F6N2O2. The number of hydrogen-bond donors (Lipinski definition) is 1. The molecule has 3 aliphatic rings. The third-order valence-electron chi connectivity index (χ3n) is 8.69. The van der Waals surface area contributed by atoms with E-state index in [4.69, 9.17) is 0 Å². The van der Waals surface area contributed by atoms with Crippen LogP contribution in [0.5, 0.6) is 0 Å². The summed E-state index contributed by atoms with van der Waals surface area (Å²) in [6, 6.07) is 10.3. The fourth-order valence-corrected chi connectivity index (χ4v) is 6.05. The van der Waals surface area contributed by atoms with Crippen molar-refractivity contribution in [3.63, 3.8) is 0 Å². The molecule has 5 rings (SSSR count). The minimum Gasteiger partial charge on any atom is -0.480 e. The van der Waals surface area contributed by atoms with E-state index in [-0.39, 0.29) is 35.7 Å². The zero-order chi connectivity index (χ0) is 30.5. The lowest BCUT2D eigenvalue weighted by Gasteiger charge is -2.31. The zero-order valence-corrected chi connectivity index (χ0v) is 23.9. The number of benzene rings is 2. The van der Waals surface area contributed by atoms with Crippen molar-refractivity contribution in [1.82, 2.24) is 9.80 Å². The Morgan fingerprint density at radius 2 is 1.60 bits per heavy atom. The van der Waals surface area contributed by atoms with E-state index in [0.29, 0.717) is 5.92 Å². The van der Waals surface area contributed by atoms with Crippen LogP contribution < -0.4 is 0 Å². The molecule has 2 heterocycles. The first-order valence-electron chi connectivity index (χ1n) is 14.7. The van der Waals surface area contributed by atoms with Crippen molar-refractivity contribution >= 4 is 5.97 Å². The number of carbonyl (C=O) groups is 1. The molecule has 2 aliphatic heterocycles. The SMILES string of the molecule is CN1CCC(CC(F)(F)Cc2ccc(C(F)(F)F)cc2)CC1.O=C(O)C(CC1CC1)N1CCC(c2cccc(F)c2)C1. The van der Waals surface area contributed by atoms with Gasteiger partial charge in [0.25, 0.3) is 5.92 Å². The second kappa shape index (κ2) is 13.8. The molecule has 0 aromatic heterocycles. The summed E-state index contributed by atoms with van der Waals surface area (Å²) >= 11 is 0. The molecule has 0 spiro atoms. The van der Waals surface area contributed by atoms with Gasteiger partial charge in [-0.1, -0.05) is 37.1 Å². The number of carboxylic acid groups (broad SMARTS) is 1. The van der Waals surface area contributed by atoms with Crippen LogP contribution in [-0.2, 0) is 17.4 Å². The van der Waals surface area contributed by atoms with Crippen molar-refractivity contribution in [1.29, 1.82) is 0 Å². The zero-order valence-electron chi connectivity index (χ0n) is 23.9. The highest BCUT2D eigenvalue weighted by molar-refractivity contribution is 5.73. The van der Waals surface area contributed by atoms with E-state index < -0.39 is 30.1 Å². The molecule has 2 aromatic carbocycles. The number of hydrogen-bond acceptors (Lipinski definition) is 3. The van der Waals surface area contributed by atoms with Gasteiger partial charge in [-0.2, -0.15) is 13.2 Å². The van der Waals surface area contributed by atoms with Crippen LogP contribution >= 0.6 is 0 Å². The summed E-state index contributed by atoms with van der Waals surface area (Å²) in [7, 11) is 1.97. The lowest BCUT2D eigenvalue weighted by Crippen LogP contribution is -2.40. The third-order valence-corrected chi connectivity index (χ3v) is 8.69. The summed E-state index contributed by atoms with van der Waals surface area (Å²) < 4.78 is 78.8. The first kappa shape index (κ1) is 32.3. The second-order valence-electron chi connectivity index (χ2n) is 12.2. The first-order valence-corrected chi connectivity index (χ1v) is 14.7. The lowest BCUT2D eigenvalue weighted by molar-refractivity contribution is -0.143. The Kier molecular flexibility index (Phi) is 10.6. The van der Waals surface area contributed by atoms with Gasteiger partial charge >= 0.3 is 12.1 Å². The lowest BCUT2D eigenvalue weighted by atomic mass is 9.89. The number of rotatable bonds is 9. The molecule has 4 nitrogen and oxygen atoms in total. The number of aliphatic carboxylic acids is 1. The smallest absolute Gasteiger partial charge is 0.416 e. The average Bonchev–Trinajstić information content (AvgIpc) is 3.61. The molecule has 1 aliphatic carbocycles. The van der Waals surface area contributed by atoms with E-state index in [1.807, 2.05) is 13.1 Å². The maximum absolute atomic E-state index is 14.1. The highest BCUT2D eigenvalue weighted by atomic mass is 19.4. The topological polar surface area (TPSA) is 43.8 Å². The molecule has 3 fully saturated rings. The van der Waals surface area contributed by atoms with Crippen LogP contribution in [0.4, 0.5) is 26.3 Å². The van der Waals surface area contributed by atoms with Crippen molar-refractivity contribution < 1.29 is 36.2 Å². The van der Waals surface area contributed by atoms with Crippen LogP contribution in [0.3, 0.4) is 0 Å². The quantitative estimate of drug-likeness (QED) is 0.304. The van der Waals surface area contributed by atoms with Crippen LogP contribution in [0.25, 0.3) is 0 Å². The fraction of sp³-hybridized carbons (Fsp3) is 0.594. The Hall–Kier alpha value is -2.59. The molecule has 10 heteroatoms. The van der Waals surface area contributed by atoms with Gasteiger partial charge in [-0.3, -0.25) is 9.69 Å². The molecule has 0 bridgehead atoms. The monoisotopic (exact) mass is 598 g/mol. The fourth-order valence-electron chi connectivity index (χ4n) is 6.05. The molecule has 1 saturated carbocycles. The number of halogens is 6. The Morgan fingerprint density at radius 1 is 0.929 bits per heavy atom. The number of nitrogens with zero attached hydrogens (tertiary/aromatic N) is 2. The summed E-state index contributed by atoms with van der Waals surface area (Å²) in [4.78, 5) is 15.6. The highest BCUT2D eigenvalue weighted by Crippen LogP contribution is 2.37. The first-order chi connectivity index (χ1) is 19.8. The summed E-state index contributed by atoms with van der Waals surface area (Å²) in [5.74, 6) is -2.96. The van der Waals surface area contributed by atoms with E-state index in [0.717, 1.165) is 81.7 Å². The number of piperidine rings is 1. The molecule has 2 aromatic rings. The number of carboxylic acids is 1. The Labute approximate surface area is 243 Å². The van der Waals surface area contributed by atoms with Crippen LogP contribution in [0, 0.1) is 17.7 Å². The standard InChI is InChI=1S/C16H20F5N.C16H20FNO2/c1-22-8-6-13(7-9-22)11-15(17,18)10-12-2-4-14(5-3-12)16(19,20)21;17-14-3-1-2-12(9-14)13-6-7-18(10-13)15(16(19)20)8-11-4-5-11/h2-5,13H,6-11H2,1H3;1-3,9,11,13,15H,4-8,10H2,(H,19,20). The van der Waals surface area contributed by atoms with Crippen LogP contribution in [0.15, 0.2) is 48.5 Å². The van der Waals surface area contributed by atoms with Gasteiger partial charge in [0.1, 0.15) is 11.9 Å². The van der Waals surface area contributed by atoms with Gasteiger partial charge < -0.3 is 10.0 Å². The van der Waals surface area contributed by atoms with E-state index in [9.17, 15) is 36.2 Å². The van der Waals surface area contributed by atoms with Gasteiger partial charge in [-0.15, -0.1) is 0 Å². The molecule has 0 amide bonds. The van der Waals surface area contributed by atoms with Gasteiger partial charge in [0.05, 0.1) is 5.56 Å². The van der Waals surface area contributed by atoms with Gasteiger partial charge in [0.15, 0.2) is 0 Å². The molecule has 0 radical (unpaired) electrons. The molecule has 2 unspecified atom stereocenters. The summed E-state index contributed by atoms with van der Waals surface area (Å²) in [6.45, 7) is 3.17. The van der Waals surface area contributed by atoms with Gasteiger partial charge in [-0.25, -0.2) is 13.2 Å². The van der Waals surface area contributed by atoms with E-state index in [2.05, 4.69) is 9.80 Å². The van der Waals surface area contributed by atoms with Crippen molar-refractivity contribution in [2.24, 2.45) is 11.8 Å². The van der Waals surface area contributed by atoms with E-state index >= 15 is 0 Å². The van der Waals surface area contributed by atoms with Gasteiger partial charge in [0.2, 0.25) is 0 Å². The number of alkyl halides is 5. The minimum atomic E-state index is -4.44. The Morgan fingerprint density at radius 3 is 2.17 bits per heavy atom. The molecule has 1 N–H and O–H groups in total. The van der Waals surface area contributed by atoms with E-state index in [1.165, 1.54) is 18.9 Å². The number of likely N-dealkylation sites (tertiary alicyclic amines) is 2. The second-order valence-corrected chi connectivity index (χ2v) is 12.2. The van der Waals surface area contributed by atoms with E-state index in [1.54, 1.807) is 12.1 Å². The largest absolute Gasteiger partial charge is 0.480 e. The van der Waals surface area contributed by atoms with Crippen molar-refractivity contribution in [2.75, 3.05) is 33.2 Å².